The molecule has 10 heteroatoms. The maximum absolute atomic E-state index is 13.3. The summed E-state index contributed by atoms with van der Waals surface area (Å²) in [5, 5.41) is 9.44. The van der Waals surface area contributed by atoms with Crippen molar-refractivity contribution in [3.05, 3.63) is 51.8 Å². The minimum Gasteiger partial charge on any atom is -0.462 e. The summed E-state index contributed by atoms with van der Waals surface area (Å²) in [6.07, 6.45) is 0. The van der Waals surface area contributed by atoms with Crippen LogP contribution >= 0.6 is 23.4 Å². The van der Waals surface area contributed by atoms with Crippen molar-refractivity contribution >= 4 is 35.1 Å². The molecule has 2 aromatic heterocycles. The third-order valence-electron chi connectivity index (χ3n) is 5.15. The number of halogens is 1. The number of Topliss-reactive ketones (excluding diaryl/α,β-unsaturated/α-hetero) is 1. The molecule has 3 aromatic rings. The Morgan fingerprint density at radius 3 is 2.55 bits per heavy atom. The molecule has 176 valence electrons. The fourth-order valence-electron chi connectivity index (χ4n) is 3.49. The van der Waals surface area contributed by atoms with Crippen molar-refractivity contribution in [3.63, 3.8) is 0 Å². The number of methoxy groups -OCH3 is 1. The number of ketones is 1. The standard InChI is InChI=1S/C23H27ClN4O4S/c1-6-32-22(30)18-13(2)19(25-14(18)3)20(29)15(4)33-23-27-26-21(28(23)11-12-31-5)16-7-9-17(24)10-8-16/h7-10,15,25H,6,11-12H2,1-5H3. The zero-order valence-corrected chi connectivity index (χ0v) is 20.8. The molecule has 0 bridgehead atoms. The summed E-state index contributed by atoms with van der Waals surface area (Å²) in [4.78, 5) is 28.6. The maximum Gasteiger partial charge on any atom is 0.340 e. The van der Waals surface area contributed by atoms with E-state index in [0.29, 0.717) is 51.7 Å². The summed E-state index contributed by atoms with van der Waals surface area (Å²) >= 11 is 7.32. The average molecular weight is 491 g/mol. The molecule has 0 spiro atoms. The van der Waals surface area contributed by atoms with E-state index in [1.54, 1.807) is 40.0 Å². The third-order valence-corrected chi connectivity index (χ3v) is 6.49. The van der Waals surface area contributed by atoms with Gasteiger partial charge in [-0.25, -0.2) is 4.79 Å². The van der Waals surface area contributed by atoms with Crippen molar-refractivity contribution in [2.75, 3.05) is 20.3 Å². The maximum atomic E-state index is 13.3. The minimum absolute atomic E-state index is 0.134. The normalized spacial score (nSPS) is 12.1. The van der Waals surface area contributed by atoms with E-state index in [1.807, 2.05) is 23.6 Å². The lowest BCUT2D eigenvalue weighted by molar-refractivity contribution is 0.0525. The van der Waals surface area contributed by atoms with E-state index in [4.69, 9.17) is 21.1 Å². The van der Waals surface area contributed by atoms with Gasteiger partial charge < -0.3 is 14.5 Å². The number of aromatic amines is 1. The molecule has 0 aliphatic rings. The minimum atomic E-state index is -0.472. The predicted octanol–water partition coefficient (Wildman–Crippen LogP) is 4.73. The van der Waals surface area contributed by atoms with Crippen molar-refractivity contribution in [1.29, 1.82) is 0 Å². The van der Waals surface area contributed by atoms with E-state index in [0.717, 1.165) is 5.56 Å². The molecule has 0 saturated carbocycles. The van der Waals surface area contributed by atoms with Crippen molar-refractivity contribution in [1.82, 2.24) is 19.7 Å². The van der Waals surface area contributed by atoms with Crippen LogP contribution in [0.5, 0.6) is 0 Å². The topological polar surface area (TPSA) is 99.1 Å². The molecule has 8 nitrogen and oxygen atoms in total. The van der Waals surface area contributed by atoms with Gasteiger partial charge in [0.05, 0.1) is 36.3 Å². The van der Waals surface area contributed by atoms with Crippen LogP contribution in [0.3, 0.4) is 0 Å². The molecular weight excluding hydrogens is 464 g/mol. The van der Waals surface area contributed by atoms with E-state index in [9.17, 15) is 9.59 Å². The lowest BCUT2D eigenvalue weighted by atomic mass is 10.1. The molecule has 1 unspecified atom stereocenters. The largest absolute Gasteiger partial charge is 0.462 e. The molecule has 0 saturated heterocycles. The second-order valence-electron chi connectivity index (χ2n) is 7.43. The van der Waals surface area contributed by atoms with Crippen LogP contribution in [0.1, 0.15) is 46.0 Å². The molecule has 3 rings (SSSR count). The molecular formula is C23H27ClN4O4S. The number of rotatable bonds is 10. The van der Waals surface area contributed by atoms with Crippen LogP contribution in [0.2, 0.25) is 5.02 Å². The highest BCUT2D eigenvalue weighted by Gasteiger charge is 2.27. The number of esters is 1. The Balaban J connectivity index is 1.87. The summed E-state index contributed by atoms with van der Waals surface area (Å²) in [6.45, 7) is 8.33. The fourth-order valence-corrected chi connectivity index (χ4v) is 4.55. The van der Waals surface area contributed by atoms with Crippen LogP contribution in [-0.2, 0) is 16.0 Å². The number of H-pyrrole nitrogens is 1. The first-order chi connectivity index (χ1) is 15.8. The molecule has 0 fully saturated rings. The summed E-state index contributed by atoms with van der Waals surface area (Å²) in [7, 11) is 1.63. The van der Waals surface area contributed by atoms with Crippen molar-refractivity contribution in [2.45, 2.75) is 44.6 Å². The Kier molecular flexibility index (Phi) is 8.34. The van der Waals surface area contributed by atoms with Gasteiger partial charge in [0.2, 0.25) is 0 Å². The lowest BCUT2D eigenvalue weighted by Crippen LogP contribution is -2.17. The molecule has 33 heavy (non-hydrogen) atoms. The average Bonchev–Trinajstić information content (AvgIpc) is 3.32. The van der Waals surface area contributed by atoms with Gasteiger partial charge in [-0.3, -0.25) is 9.36 Å². The number of nitrogens with zero attached hydrogens (tertiary/aromatic N) is 3. The van der Waals surface area contributed by atoms with Crippen LogP contribution in [-0.4, -0.2) is 57.1 Å². The van der Waals surface area contributed by atoms with Gasteiger partial charge in [-0.05, 0) is 57.5 Å². The molecule has 2 heterocycles. The van der Waals surface area contributed by atoms with Crippen molar-refractivity contribution in [3.8, 4) is 11.4 Å². The second kappa shape index (κ2) is 11.0. The number of aryl methyl sites for hydroxylation is 1. The number of hydrogen-bond acceptors (Lipinski definition) is 7. The Bertz CT molecular complexity index is 1140. The van der Waals surface area contributed by atoms with Gasteiger partial charge in [0.1, 0.15) is 0 Å². The number of hydrogen-bond donors (Lipinski definition) is 1. The van der Waals surface area contributed by atoms with Crippen molar-refractivity contribution < 1.29 is 19.1 Å². The summed E-state index contributed by atoms with van der Waals surface area (Å²) in [5.74, 6) is 0.0999. The summed E-state index contributed by atoms with van der Waals surface area (Å²) in [5.41, 5.74) is 2.87. The second-order valence-corrected chi connectivity index (χ2v) is 9.17. The Morgan fingerprint density at radius 2 is 1.91 bits per heavy atom. The predicted molar refractivity (Wildman–Crippen MR) is 128 cm³/mol. The first kappa shape index (κ1) is 25.0. The number of aromatic nitrogens is 4. The highest BCUT2D eigenvalue weighted by molar-refractivity contribution is 8.00. The Hall–Kier alpha value is -2.62. The zero-order chi connectivity index (χ0) is 24.1. The number of thioether (sulfide) groups is 1. The van der Waals surface area contributed by atoms with Crippen LogP contribution in [0, 0.1) is 13.8 Å². The molecule has 0 aliphatic carbocycles. The highest BCUT2D eigenvalue weighted by atomic mass is 35.5. The summed E-state index contributed by atoms with van der Waals surface area (Å²) in [6, 6.07) is 7.34. The van der Waals surface area contributed by atoms with E-state index in [1.165, 1.54) is 11.8 Å². The Morgan fingerprint density at radius 1 is 1.21 bits per heavy atom. The molecule has 0 aliphatic heterocycles. The fraction of sp³-hybridized carbons (Fsp3) is 0.391. The van der Waals surface area contributed by atoms with Gasteiger partial charge >= 0.3 is 5.97 Å². The molecule has 1 atom stereocenters. The van der Waals surface area contributed by atoms with Gasteiger partial charge in [0.15, 0.2) is 16.8 Å². The smallest absolute Gasteiger partial charge is 0.340 e. The lowest BCUT2D eigenvalue weighted by Gasteiger charge is -2.13. The SMILES string of the molecule is CCOC(=O)c1c(C)[nH]c(C(=O)C(C)Sc2nnc(-c3ccc(Cl)cc3)n2CCOC)c1C. The van der Waals surface area contributed by atoms with E-state index < -0.39 is 11.2 Å². The quantitative estimate of drug-likeness (QED) is 0.249. The van der Waals surface area contributed by atoms with Crippen LogP contribution in [0.4, 0.5) is 0 Å². The molecule has 0 radical (unpaired) electrons. The number of carbonyl (C=O) groups excluding carboxylic acids is 2. The number of ether oxygens (including phenoxy) is 2. The number of benzene rings is 1. The van der Waals surface area contributed by atoms with Gasteiger partial charge in [0, 0.05) is 23.4 Å². The highest BCUT2D eigenvalue weighted by Crippen LogP contribution is 2.30. The van der Waals surface area contributed by atoms with Crippen LogP contribution in [0.25, 0.3) is 11.4 Å². The van der Waals surface area contributed by atoms with E-state index in [-0.39, 0.29) is 12.4 Å². The van der Waals surface area contributed by atoms with Crippen LogP contribution < -0.4 is 0 Å². The first-order valence-electron chi connectivity index (χ1n) is 10.5. The van der Waals surface area contributed by atoms with E-state index in [2.05, 4.69) is 15.2 Å². The third kappa shape index (κ3) is 5.48. The van der Waals surface area contributed by atoms with Gasteiger partial charge in [-0.15, -0.1) is 10.2 Å². The van der Waals surface area contributed by atoms with Gasteiger partial charge in [0.25, 0.3) is 0 Å². The monoisotopic (exact) mass is 490 g/mol. The van der Waals surface area contributed by atoms with E-state index >= 15 is 0 Å². The molecule has 1 aromatic carbocycles. The molecule has 1 N–H and O–H groups in total. The van der Waals surface area contributed by atoms with Gasteiger partial charge in [-0.1, -0.05) is 23.4 Å². The Labute approximate surface area is 202 Å². The van der Waals surface area contributed by atoms with Crippen molar-refractivity contribution in [2.24, 2.45) is 0 Å². The first-order valence-corrected chi connectivity index (χ1v) is 11.8. The number of carbonyl (C=O) groups is 2. The number of nitrogens with one attached hydrogen (secondary N) is 1. The molecule has 0 amide bonds. The van der Waals surface area contributed by atoms with Gasteiger partial charge in [-0.2, -0.15) is 0 Å². The summed E-state index contributed by atoms with van der Waals surface area (Å²) < 4.78 is 12.3. The zero-order valence-electron chi connectivity index (χ0n) is 19.3. The van der Waals surface area contributed by atoms with Crippen LogP contribution in [0.15, 0.2) is 29.4 Å².